The quantitative estimate of drug-likeness (QED) is 0.173. The predicted molar refractivity (Wildman–Crippen MR) is 130 cm³/mol. The third kappa shape index (κ3) is 7.10. The molecule has 9 heteroatoms. The van der Waals surface area contributed by atoms with Crippen LogP contribution in [0.5, 0.6) is 0 Å². The van der Waals surface area contributed by atoms with E-state index < -0.39 is 4.92 Å². The minimum atomic E-state index is -0.406. The molecule has 3 rings (SSSR count). The van der Waals surface area contributed by atoms with Crippen molar-refractivity contribution >= 4 is 47.2 Å². The number of ether oxygens (including phenoxy) is 1. The van der Waals surface area contributed by atoms with Crippen molar-refractivity contribution in [3.63, 3.8) is 0 Å². The molecule has 162 valence electrons. The molecule has 2 aromatic rings. The van der Waals surface area contributed by atoms with Crippen molar-refractivity contribution in [1.29, 1.82) is 0 Å². The fourth-order valence-electron chi connectivity index (χ4n) is 3.14. The lowest BCUT2D eigenvalue weighted by Gasteiger charge is -2.20. The summed E-state index contributed by atoms with van der Waals surface area (Å²) in [7, 11) is 0. The Bertz CT molecular complexity index is 858. The number of guanidine groups is 1. The van der Waals surface area contributed by atoms with Crippen molar-refractivity contribution in [2.45, 2.75) is 25.9 Å². The molecule has 0 amide bonds. The number of rotatable bonds is 7. The lowest BCUT2D eigenvalue weighted by molar-refractivity contribution is -0.384. The van der Waals surface area contributed by atoms with Gasteiger partial charge in [-0.05, 0) is 30.5 Å². The molecule has 30 heavy (non-hydrogen) atoms. The summed E-state index contributed by atoms with van der Waals surface area (Å²) in [5.41, 5.74) is 1.96. The molecule has 0 aromatic heterocycles. The molecule has 2 N–H and O–H groups in total. The zero-order chi connectivity index (χ0) is 20.6. The number of benzene rings is 2. The SMILES string of the molecule is CC(NC(=NCc1ccc([N+](=O)[O-])cc1)NCC1CCOC1)c1ccccc1Cl.I. The van der Waals surface area contributed by atoms with Crippen molar-refractivity contribution in [3.8, 4) is 0 Å². The van der Waals surface area contributed by atoms with Gasteiger partial charge in [0.2, 0.25) is 0 Å². The van der Waals surface area contributed by atoms with Gasteiger partial charge in [-0.1, -0.05) is 41.9 Å². The second kappa shape index (κ2) is 12.1. The molecule has 1 fully saturated rings. The van der Waals surface area contributed by atoms with Gasteiger partial charge in [-0.2, -0.15) is 0 Å². The van der Waals surface area contributed by atoms with E-state index in [0.29, 0.717) is 23.4 Å². The summed E-state index contributed by atoms with van der Waals surface area (Å²) in [5, 5.41) is 18.3. The largest absolute Gasteiger partial charge is 0.381 e. The molecule has 0 bridgehead atoms. The van der Waals surface area contributed by atoms with Gasteiger partial charge in [0.05, 0.1) is 24.1 Å². The van der Waals surface area contributed by atoms with E-state index in [1.165, 1.54) is 12.1 Å². The summed E-state index contributed by atoms with van der Waals surface area (Å²) < 4.78 is 5.44. The van der Waals surface area contributed by atoms with Crippen LogP contribution in [-0.2, 0) is 11.3 Å². The summed E-state index contributed by atoms with van der Waals surface area (Å²) in [6, 6.07) is 14.1. The number of halogens is 2. The molecule has 7 nitrogen and oxygen atoms in total. The summed E-state index contributed by atoms with van der Waals surface area (Å²) in [5.74, 6) is 1.12. The van der Waals surface area contributed by atoms with Crippen LogP contribution in [0.25, 0.3) is 0 Å². The average Bonchev–Trinajstić information content (AvgIpc) is 3.24. The van der Waals surface area contributed by atoms with Crippen LogP contribution in [0.4, 0.5) is 5.69 Å². The van der Waals surface area contributed by atoms with Crippen molar-refractivity contribution < 1.29 is 9.66 Å². The van der Waals surface area contributed by atoms with Gasteiger partial charge in [-0.3, -0.25) is 10.1 Å². The number of hydrogen-bond donors (Lipinski definition) is 2. The number of aliphatic imine (C=N–C) groups is 1. The van der Waals surface area contributed by atoms with Crippen LogP contribution in [0.2, 0.25) is 5.02 Å². The molecule has 2 atom stereocenters. The van der Waals surface area contributed by atoms with Gasteiger partial charge in [0.25, 0.3) is 5.69 Å². The Hall–Kier alpha value is -1.91. The highest BCUT2D eigenvalue weighted by Gasteiger charge is 2.17. The Kier molecular flexibility index (Phi) is 9.80. The van der Waals surface area contributed by atoms with Crippen LogP contribution < -0.4 is 10.6 Å². The Morgan fingerprint density at radius 2 is 2.03 bits per heavy atom. The molecular formula is C21H26ClIN4O3. The van der Waals surface area contributed by atoms with E-state index in [9.17, 15) is 10.1 Å². The highest BCUT2D eigenvalue weighted by Crippen LogP contribution is 2.22. The van der Waals surface area contributed by atoms with Crippen LogP contribution in [0.1, 0.15) is 30.5 Å². The third-order valence-corrected chi connectivity index (χ3v) is 5.22. The maximum atomic E-state index is 10.8. The zero-order valence-electron chi connectivity index (χ0n) is 16.7. The van der Waals surface area contributed by atoms with Gasteiger partial charge in [-0.25, -0.2) is 4.99 Å². The topological polar surface area (TPSA) is 88.8 Å². The highest BCUT2D eigenvalue weighted by atomic mass is 127. The molecule has 1 aliphatic heterocycles. The van der Waals surface area contributed by atoms with Crippen LogP contribution in [-0.4, -0.2) is 30.6 Å². The Balaban J connectivity index is 0.00000320. The van der Waals surface area contributed by atoms with Crippen molar-refractivity contribution in [2.24, 2.45) is 10.9 Å². The predicted octanol–water partition coefficient (Wildman–Crippen LogP) is 4.70. The van der Waals surface area contributed by atoms with Gasteiger partial charge in [0.15, 0.2) is 5.96 Å². The molecule has 0 saturated carbocycles. The standard InChI is InChI=1S/C21H25ClN4O3.HI/c1-15(19-4-2-3-5-20(19)22)25-21(24-13-17-10-11-29-14-17)23-12-16-6-8-18(9-7-16)26(27)28;/h2-9,15,17H,10-14H2,1H3,(H2,23,24,25);1H. The fourth-order valence-corrected chi connectivity index (χ4v) is 3.44. The fraction of sp³-hybridized carbons (Fsp3) is 0.381. The summed E-state index contributed by atoms with van der Waals surface area (Å²) in [4.78, 5) is 15.1. The summed E-state index contributed by atoms with van der Waals surface area (Å²) in [6.07, 6.45) is 1.03. The maximum absolute atomic E-state index is 10.8. The molecule has 1 aliphatic rings. The van der Waals surface area contributed by atoms with Crippen LogP contribution in [0, 0.1) is 16.0 Å². The molecular weight excluding hydrogens is 519 g/mol. The number of hydrogen-bond acceptors (Lipinski definition) is 4. The third-order valence-electron chi connectivity index (χ3n) is 4.87. The molecule has 0 spiro atoms. The summed E-state index contributed by atoms with van der Waals surface area (Å²) >= 11 is 6.32. The Morgan fingerprint density at radius 1 is 1.30 bits per heavy atom. The first-order valence-corrected chi connectivity index (χ1v) is 10.0. The van der Waals surface area contributed by atoms with Crippen molar-refractivity contribution in [3.05, 3.63) is 74.8 Å². The van der Waals surface area contributed by atoms with E-state index in [2.05, 4.69) is 15.6 Å². The number of nitrogens with one attached hydrogen (secondary N) is 2. The van der Waals surface area contributed by atoms with Gasteiger partial charge >= 0.3 is 0 Å². The van der Waals surface area contributed by atoms with Gasteiger partial charge < -0.3 is 15.4 Å². The van der Waals surface area contributed by atoms with Gasteiger partial charge in [0.1, 0.15) is 0 Å². The molecule has 2 aromatic carbocycles. The number of nitro benzene ring substituents is 1. The number of non-ortho nitro benzene ring substituents is 1. The zero-order valence-corrected chi connectivity index (χ0v) is 19.8. The second-order valence-corrected chi connectivity index (χ2v) is 7.49. The lowest BCUT2D eigenvalue weighted by Crippen LogP contribution is -2.41. The first kappa shape index (κ1) is 24.4. The number of nitrogens with zero attached hydrogens (tertiary/aromatic N) is 2. The van der Waals surface area contributed by atoms with E-state index in [1.807, 2.05) is 31.2 Å². The Morgan fingerprint density at radius 3 is 2.67 bits per heavy atom. The molecule has 1 heterocycles. The lowest BCUT2D eigenvalue weighted by atomic mass is 10.1. The van der Waals surface area contributed by atoms with E-state index in [-0.39, 0.29) is 35.7 Å². The van der Waals surface area contributed by atoms with E-state index >= 15 is 0 Å². The van der Waals surface area contributed by atoms with E-state index in [1.54, 1.807) is 12.1 Å². The maximum Gasteiger partial charge on any atom is 0.269 e. The average molecular weight is 545 g/mol. The van der Waals surface area contributed by atoms with Gasteiger partial charge in [-0.15, -0.1) is 24.0 Å². The monoisotopic (exact) mass is 544 g/mol. The number of nitro groups is 1. The second-order valence-electron chi connectivity index (χ2n) is 7.09. The van der Waals surface area contributed by atoms with Crippen LogP contribution in [0.3, 0.4) is 0 Å². The first-order valence-electron chi connectivity index (χ1n) is 9.63. The molecule has 1 saturated heterocycles. The first-order chi connectivity index (χ1) is 14.0. The Labute approximate surface area is 198 Å². The van der Waals surface area contributed by atoms with Crippen LogP contribution in [0.15, 0.2) is 53.5 Å². The smallest absolute Gasteiger partial charge is 0.269 e. The van der Waals surface area contributed by atoms with Gasteiger partial charge in [0, 0.05) is 36.2 Å². The highest BCUT2D eigenvalue weighted by molar-refractivity contribution is 14.0. The van der Waals surface area contributed by atoms with E-state index in [4.69, 9.17) is 16.3 Å². The molecule has 2 unspecified atom stereocenters. The van der Waals surface area contributed by atoms with Crippen molar-refractivity contribution in [1.82, 2.24) is 10.6 Å². The van der Waals surface area contributed by atoms with Crippen LogP contribution >= 0.6 is 35.6 Å². The molecule has 0 aliphatic carbocycles. The normalized spacial score (nSPS) is 17.1. The van der Waals surface area contributed by atoms with E-state index in [0.717, 1.165) is 37.3 Å². The summed E-state index contributed by atoms with van der Waals surface area (Å²) in [6.45, 7) is 4.75. The molecule has 0 radical (unpaired) electrons. The minimum absolute atomic E-state index is 0. The van der Waals surface area contributed by atoms with Crippen molar-refractivity contribution in [2.75, 3.05) is 19.8 Å². The minimum Gasteiger partial charge on any atom is -0.381 e.